The lowest BCUT2D eigenvalue weighted by atomic mass is 10.1. The fraction of sp³-hybridized carbons (Fsp3) is 0.692. The van der Waals surface area contributed by atoms with Crippen molar-refractivity contribution in [2.45, 2.75) is 40.3 Å². The molecule has 0 saturated carbocycles. The molecule has 0 unspecified atom stereocenters. The van der Waals surface area contributed by atoms with E-state index in [1.54, 1.807) is 0 Å². The Morgan fingerprint density at radius 2 is 2.06 bits per heavy atom. The first-order chi connectivity index (χ1) is 7.72. The van der Waals surface area contributed by atoms with E-state index in [4.69, 9.17) is 4.74 Å². The van der Waals surface area contributed by atoms with Gasteiger partial charge in [0.05, 0.1) is 6.61 Å². The minimum atomic E-state index is 0.729. The topological polar surface area (TPSA) is 21.3 Å². The third-order valence-corrected chi connectivity index (χ3v) is 3.41. The van der Waals surface area contributed by atoms with Crippen LogP contribution in [0.1, 0.15) is 36.9 Å². The molecule has 0 aliphatic rings. The Kier molecular flexibility index (Phi) is 6.69. The van der Waals surface area contributed by atoms with Crippen LogP contribution in [0.5, 0.6) is 0 Å². The number of rotatable bonds is 8. The highest BCUT2D eigenvalue weighted by Gasteiger charge is 2.00. The first kappa shape index (κ1) is 13.7. The summed E-state index contributed by atoms with van der Waals surface area (Å²) in [6.07, 6.45) is 1.15. The van der Waals surface area contributed by atoms with Crippen LogP contribution >= 0.6 is 11.3 Å². The van der Waals surface area contributed by atoms with Gasteiger partial charge in [0.25, 0.3) is 0 Å². The van der Waals surface area contributed by atoms with E-state index in [-0.39, 0.29) is 0 Å². The van der Waals surface area contributed by atoms with Crippen molar-refractivity contribution in [3.05, 3.63) is 21.9 Å². The van der Waals surface area contributed by atoms with Crippen molar-refractivity contribution in [3.8, 4) is 0 Å². The average Bonchev–Trinajstić information content (AvgIpc) is 2.69. The quantitative estimate of drug-likeness (QED) is 0.704. The van der Waals surface area contributed by atoms with E-state index in [1.165, 1.54) is 9.75 Å². The van der Waals surface area contributed by atoms with E-state index in [0.717, 1.165) is 38.6 Å². The Hall–Kier alpha value is -0.380. The molecule has 92 valence electrons. The molecule has 0 fully saturated rings. The molecule has 2 nitrogen and oxygen atoms in total. The van der Waals surface area contributed by atoms with Crippen molar-refractivity contribution in [1.82, 2.24) is 5.32 Å². The first-order valence-corrected chi connectivity index (χ1v) is 6.90. The van der Waals surface area contributed by atoms with Crippen molar-refractivity contribution in [2.75, 3.05) is 13.2 Å². The van der Waals surface area contributed by atoms with Gasteiger partial charge in [-0.2, -0.15) is 0 Å². The normalized spacial score (nSPS) is 11.2. The molecular formula is C13H23NOS. The molecule has 0 aromatic carbocycles. The van der Waals surface area contributed by atoms with Crippen molar-refractivity contribution in [1.29, 1.82) is 0 Å². The van der Waals surface area contributed by atoms with Gasteiger partial charge in [-0.25, -0.2) is 0 Å². The summed E-state index contributed by atoms with van der Waals surface area (Å²) < 4.78 is 5.64. The van der Waals surface area contributed by atoms with Gasteiger partial charge in [0.2, 0.25) is 0 Å². The molecule has 1 aromatic heterocycles. The summed E-state index contributed by atoms with van der Waals surface area (Å²) in [5.41, 5.74) is 0. The number of ether oxygens (including phenoxy) is 1. The Balaban J connectivity index is 2.19. The van der Waals surface area contributed by atoms with Crippen LogP contribution in [0.2, 0.25) is 0 Å². The molecule has 1 rings (SSSR count). The zero-order valence-electron chi connectivity index (χ0n) is 10.6. The van der Waals surface area contributed by atoms with Crippen LogP contribution in [0, 0.1) is 5.92 Å². The summed E-state index contributed by atoms with van der Waals surface area (Å²) in [5, 5.41) is 3.33. The van der Waals surface area contributed by atoms with E-state index >= 15 is 0 Å². The minimum absolute atomic E-state index is 0.729. The van der Waals surface area contributed by atoms with Crippen LogP contribution in [-0.4, -0.2) is 13.2 Å². The largest absolute Gasteiger partial charge is 0.376 e. The molecule has 0 radical (unpaired) electrons. The van der Waals surface area contributed by atoms with E-state index in [0.29, 0.717) is 0 Å². The maximum Gasteiger partial charge on any atom is 0.0809 e. The van der Waals surface area contributed by atoms with Crippen LogP contribution in [0.15, 0.2) is 12.1 Å². The standard InChI is InChI=1S/C13H23NOS/c1-4-14-9-12-5-6-13(16-12)10-15-8-7-11(2)3/h5-6,11,14H,4,7-10H2,1-3H3. The fourth-order valence-electron chi connectivity index (χ4n) is 1.33. The predicted octanol–water partition coefficient (Wildman–Crippen LogP) is 3.42. The minimum Gasteiger partial charge on any atom is -0.376 e. The zero-order valence-corrected chi connectivity index (χ0v) is 11.4. The van der Waals surface area contributed by atoms with Crippen LogP contribution < -0.4 is 5.32 Å². The smallest absolute Gasteiger partial charge is 0.0809 e. The molecule has 0 spiro atoms. The van der Waals surface area contributed by atoms with Gasteiger partial charge in [0, 0.05) is 22.9 Å². The summed E-state index contributed by atoms with van der Waals surface area (Å²) in [6.45, 7) is 10.2. The Morgan fingerprint density at radius 3 is 2.75 bits per heavy atom. The van der Waals surface area contributed by atoms with Crippen LogP contribution in [0.4, 0.5) is 0 Å². The summed E-state index contributed by atoms with van der Waals surface area (Å²) in [4.78, 5) is 2.72. The van der Waals surface area contributed by atoms with Gasteiger partial charge < -0.3 is 10.1 Å². The third-order valence-electron chi connectivity index (χ3n) is 2.35. The zero-order chi connectivity index (χ0) is 11.8. The second kappa shape index (κ2) is 7.82. The first-order valence-electron chi connectivity index (χ1n) is 6.08. The molecule has 3 heteroatoms. The Morgan fingerprint density at radius 1 is 1.31 bits per heavy atom. The van der Waals surface area contributed by atoms with Crippen LogP contribution in [0.25, 0.3) is 0 Å². The van der Waals surface area contributed by atoms with Crippen molar-refractivity contribution in [2.24, 2.45) is 5.92 Å². The molecular weight excluding hydrogens is 218 g/mol. The van der Waals surface area contributed by atoms with Crippen LogP contribution in [0.3, 0.4) is 0 Å². The van der Waals surface area contributed by atoms with Gasteiger partial charge in [0.15, 0.2) is 0 Å². The molecule has 1 heterocycles. The second-order valence-corrected chi connectivity index (χ2v) is 5.64. The summed E-state index contributed by atoms with van der Waals surface area (Å²) in [5.74, 6) is 0.729. The second-order valence-electron chi connectivity index (χ2n) is 4.38. The lowest BCUT2D eigenvalue weighted by molar-refractivity contribution is 0.112. The molecule has 0 atom stereocenters. The fourth-order valence-corrected chi connectivity index (χ4v) is 2.26. The predicted molar refractivity (Wildman–Crippen MR) is 70.8 cm³/mol. The number of hydrogen-bond acceptors (Lipinski definition) is 3. The molecule has 16 heavy (non-hydrogen) atoms. The number of hydrogen-bond donors (Lipinski definition) is 1. The molecule has 1 N–H and O–H groups in total. The number of nitrogens with one attached hydrogen (secondary N) is 1. The van der Waals surface area contributed by atoms with Gasteiger partial charge in [-0.15, -0.1) is 11.3 Å². The van der Waals surface area contributed by atoms with Gasteiger partial charge in [-0.05, 0) is 31.0 Å². The third kappa shape index (κ3) is 5.64. The molecule has 0 aliphatic heterocycles. The maximum absolute atomic E-state index is 5.64. The van der Waals surface area contributed by atoms with Gasteiger partial charge in [0.1, 0.15) is 0 Å². The summed E-state index contributed by atoms with van der Waals surface area (Å²) in [6, 6.07) is 4.36. The Bertz CT molecular complexity index is 283. The highest BCUT2D eigenvalue weighted by atomic mass is 32.1. The van der Waals surface area contributed by atoms with Gasteiger partial charge >= 0.3 is 0 Å². The maximum atomic E-state index is 5.64. The van der Waals surface area contributed by atoms with E-state index in [1.807, 2.05) is 11.3 Å². The average molecular weight is 241 g/mol. The summed E-state index contributed by atoms with van der Waals surface area (Å²) >= 11 is 1.84. The number of thiophene rings is 1. The molecule has 0 bridgehead atoms. The molecule has 0 aliphatic carbocycles. The van der Waals surface area contributed by atoms with E-state index in [2.05, 4.69) is 38.2 Å². The van der Waals surface area contributed by atoms with Gasteiger partial charge in [-0.3, -0.25) is 0 Å². The van der Waals surface area contributed by atoms with E-state index in [9.17, 15) is 0 Å². The SMILES string of the molecule is CCNCc1ccc(COCCC(C)C)s1. The van der Waals surface area contributed by atoms with Crippen molar-refractivity contribution < 1.29 is 4.74 Å². The molecule has 1 aromatic rings. The monoisotopic (exact) mass is 241 g/mol. The summed E-state index contributed by atoms with van der Waals surface area (Å²) in [7, 11) is 0. The van der Waals surface area contributed by atoms with Gasteiger partial charge in [-0.1, -0.05) is 20.8 Å². The highest BCUT2D eigenvalue weighted by molar-refractivity contribution is 7.11. The lowest BCUT2D eigenvalue weighted by Crippen LogP contribution is -2.10. The molecule has 0 saturated heterocycles. The van der Waals surface area contributed by atoms with Crippen LogP contribution in [-0.2, 0) is 17.9 Å². The van der Waals surface area contributed by atoms with Crippen molar-refractivity contribution >= 4 is 11.3 Å². The Labute approximate surface area is 103 Å². The van der Waals surface area contributed by atoms with Crippen molar-refractivity contribution in [3.63, 3.8) is 0 Å². The molecule has 0 amide bonds. The van der Waals surface area contributed by atoms with E-state index < -0.39 is 0 Å². The highest BCUT2D eigenvalue weighted by Crippen LogP contribution is 2.17. The lowest BCUT2D eigenvalue weighted by Gasteiger charge is -2.04.